The normalized spacial score (nSPS) is 18.1. The van der Waals surface area contributed by atoms with Gasteiger partial charge in [-0.2, -0.15) is 5.26 Å². The summed E-state index contributed by atoms with van der Waals surface area (Å²) in [6, 6.07) is 7.37. The van der Waals surface area contributed by atoms with Gasteiger partial charge >= 0.3 is 0 Å². The van der Waals surface area contributed by atoms with Crippen molar-refractivity contribution in [2.45, 2.75) is 12.8 Å². The SMILES string of the molecule is N#CC1(C(=O)Nc2ccccn2)CCOCC1. The number of rotatable bonds is 2. The lowest BCUT2D eigenvalue weighted by molar-refractivity contribution is -0.126. The molecule has 0 saturated carbocycles. The third-order valence-corrected chi connectivity index (χ3v) is 2.90. The van der Waals surface area contributed by atoms with Crippen molar-refractivity contribution in [2.75, 3.05) is 18.5 Å². The summed E-state index contributed by atoms with van der Waals surface area (Å²) in [4.78, 5) is 16.1. The Balaban J connectivity index is 2.11. The van der Waals surface area contributed by atoms with Crippen molar-refractivity contribution in [2.24, 2.45) is 5.41 Å². The molecule has 1 saturated heterocycles. The Bertz CT molecular complexity index is 433. The van der Waals surface area contributed by atoms with Crippen LogP contribution in [-0.2, 0) is 9.53 Å². The largest absolute Gasteiger partial charge is 0.381 e. The number of carbonyl (C=O) groups is 1. The molecule has 5 heteroatoms. The van der Waals surface area contributed by atoms with Gasteiger partial charge in [0.1, 0.15) is 11.2 Å². The molecule has 1 aliphatic heterocycles. The minimum atomic E-state index is -0.976. The summed E-state index contributed by atoms with van der Waals surface area (Å²) < 4.78 is 5.18. The summed E-state index contributed by atoms with van der Waals surface area (Å²) >= 11 is 0. The third-order valence-electron chi connectivity index (χ3n) is 2.90. The van der Waals surface area contributed by atoms with Gasteiger partial charge in [-0.25, -0.2) is 4.98 Å². The Labute approximate surface area is 99.4 Å². The number of hydrogen-bond donors (Lipinski definition) is 1. The van der Waals surface area contributed by atoms with E-state index >= 15 is 0 Å². The van der Waals surface area contributed by atoms with E-state index < -0.39 is 5.41 Å². The zero-order chi connectivity index (χ0) is 12.1. The van der Waals surface area contributed by atoms with Crippen molar-refractivity contribution in [1.82, 2.24) is 4.98 Å². The number of aromatic nitrogens is 1. The van der Waals surface area contributed by atoms with Crippen molar-refractivity contribution in [3.63, 3.8) is 0 Å². The predicted octanol–water partition coefficient (Wildman–Crippen LogP) is 1.34. The molecule has 1 amide bonds. The second-order valence-electron chi connectivity index (χ2n) is 3.98. The lowest BCUT2D eigenvalue weighted by Gasteiger charge is -2.28. The molecular formula is C12H13N3O2. The second-order valence-corrected chi connectivity index (χ2v) is 3.98. The van der Waals surface area contributed by atoms with Gasteiger partial charge in [0.25, 0.3) is 0 Å². The number of carbonyl (C=O) groups excluding carboxylic acids is 1. The van der Waals surface area contributed by atoms with Gasteiger partial charge in [-0.3, -0.25) is 4.79 Å². The molecule has 0 atom stereocenters. The molecule has 0 bridgehead atoms. The Hall–Kier alpha value is -1.93. The number of nitriles is 1. The van der Waals surface area contributed by atoms with E-state index in [1.807, 2.05) is 0 Å². The van der Waals surface area contributed by atoms with Crippen LogP contribution in [0.1, 0.15) is 12.8 Å². The van der Waals surface area contributed by atoms with Crippen LogP contribution in [-0.4, -0.2) is 24.1 Å². The Morgan fingerprint density at radius 2 is 2.24 bits per heavy atom. The Morgan fingerprint density at radius 1 is 1.47 bits per heavy atom. The summed E-state index contributed by atoms with van der Waals surface area (Å²) in [5.74, 6) is 0.181. The highest BCUT2D eigenvalue weighted by Crippen LogP contribution is 2.30. The first kappa shape index (κ1) is 11.6. The van der Waals surface area contributed by atoms with E-state index in [2.05, 4.69) is 16.4 Å². The minimum absolute atomic E-state index is 0.290. The van der Waals surface area contributed by atoms with Gasteiger partial charge in [0.2, 0.25) is 5.91 Å². The standard InChI is InChI=1S/C12H13N3O2/c13-9-12(4-7-17-8-5-12)11(16)15-10-3-1-2-6-14-10/h1-3,6H,4-5,7-8H2,(H,14,15,16). The van der Waals surface area contributed by atoms with Gasteiger partial charge < -0.3 is 10.1 Å². The molecule has 1 aromatic heterocycles. The topological polar surface area (TPSA) is 75.0 Å². The number of anilines is 1. The molecular weight excluding hydrogens is 218 g/mol. The highest BCUT2D eigenvalue weighted by atomic mass is 16.5. The maximum absolute atomic E-state index is 12.1. The van der Waals surface area contributed by atoms with E-state index in [0.717, 1.165) is 0 Å². The third kappa shape index (κ3) is 2.43. The van der Waals surface area contributed by atoms with Gasteiger partial charge in [-0.1, -0.05) is 6.07 Å². The van der Waals surface area contributed by atoms with E-state index in [4.69, 9.17) is 4.74 Å². The Morgan fingerprint density at radius 3 is 2.82 bits per heavy atom. The molecule has 88 valence electrons. The molecule has 0 unspecified atom stereocenters. The fraction of sp³-hybridized carbons (Fsp3) is 0.417. The molecule has 1 fully saturated rings. The van der Waals surface area contributed by atoms with Crippen LogP contribution in [0, 0.1) is 16.7 Å². The molecule has 0 aromatic carbocycles. The van der Waals surface area contributed by atoms with E-state index in [0.29, 0.717) is 31.9 Å². The van der Waals surface area contributed by atoms with Crippen LogP contribution in [0.2, 0.25) is 0 Å². The summed E-state index contributed by atoms with van der Waals surface area (Å²) in [6.07, 6.45) is 2.46. The number of hydrogen-bond acceptors (Lipinski definition) is 4. The fourth-order valence-corrected chi connectivity index (χ4v) is 1.78. The van der Waals surface area contributed by atoms with Crippen molar-refractivity contribution >= 4 is 11.7 Å². The van der Waals surface area contributed by atoms with Gasteiger partial charge in [-0.15, -0.1) is 0 Å². The number of ether oxygens (including phenoxy) is 1. The van der Waals surface area contributed by atoms with Gasteiger partial charge in [-0.05, 0) is 25.0 Å². The van der Waals surface area contributed by atoms with Gasteiger partial charge in [0.15, 0.2) is 0 Å². The van der Waals surface area contributed by atoms with Crippen molar-refractivity contribution in [3.05, 3.63) is 24.4 Å². The summed E-state index contributed by atoms with van der Waals surface area (Å²) in [7, 11) is 0. The molecule has 17 heavy (non-hydrogen) atoms. The van der Waals surface area contributed by atoms with Crippen LogP contribution in [0.15, 0.2) is 24.4 Å². The van der Waals surface area contributed by atoms with E-state index in [1.54, 1.807) is 24.4 Å². The molecule has 1 aliphatic rings. The van der Waals surface area contributed by atoms with E-state index in [-0.39, 0.29) is 5.91 Å². The van der Waals surface area contributed by atoms with Crippen LogP contribution >= 0.6 is 0 Å². The quantitative estimate of drug-likeness (QED) is 0.833. The smallest absolute Gasteiger partial charge is 0.246 e. The second kappa shape index (κ2) is 4.93. The molecule has 0 spiro atoms. The van der Waals surface area contributed by atoms with Crippen LogP contribution in [0.4, 0.5) is 5.82 Å². The van der Waals surface area contributed by atoms with Gasteiger partial charge in [0.05, 0.1) is 6.07 Å². The first-order chi connectivity index (χ1) is 8.27. The first-order valence-electron chi connectivity index (χ1n) is 5.48. The summed E-state index contributed by atoms with van der Waals surface area (Å²) in [6.45, 7) is 0.895. The van der Waals surface area contributed by atoms with Crippen LogP contribution in [0.3, 0.4) is 0 Å². The number of amides is 1. The van der Waals surface area contributed by atoms with Gasteiger partial charge in [0, 0.05) is 19.4 Å². The predicted molar refractivity (Wildman–Crippen MR) is 61.0 cm³/mol. The van der Waals surface area contributed by atoms with Crippen LogP contribution < -0.4 is 5.32 Å². The molecule has 1 N–H and O–H groups in total. The fourth-order valence-electron chi connectivity index (χ4n) is 1.78. The Kier molecular flexibility index (Phi) is 3.35. The van der Waals surface area contributed by atoms with E-state index in [9.17, 15) is 10.1 Å². The van der Waals surface area contributed by atoms with Crippen molar-refractivity contribution in [3.8, 4) is 6.07 Å². The molecule has 0 aliphatic carbocycles. The molecule has 0 radical (unpaired) electrons. The average Bonchev–Trinajstić information content (AvgIpc) is 2.40. The lowest BCUT2D eigenvalue weighted by Crippen LogP contribution is -2.40. The number of nitrogens with one attached hydrogen (secondary N) is 1. The number of nitrogens with zero attached hydrogens (tertiary/aromatic N) is 2. The average molecular weight is 231 g/mol. The highest BCUT2D eigenvalue weighted by molar-refractivity contribution is 5.96. The van der Waals surface area contributed by atoms with Crippen molar-refractivity contribution < 1.29 is 9.53 Å². The zero-order valence-corrected chi connectivity index (χ0v) is 9.35. The zero-order valence-electron chi connectivity index (χ0n) is 9.35. The monoisotopic (exact) mass is 231 g/mol. The first-order valence-corrected chi connectivity index (χ1v) is 5.48. The lowest BCUT2D eigenvalue weighted by atomic mass is 9.81. The van der Waals surface area contributed by atoms with E-state index in [1.165, 1.54) is 0 Å². The van der Waals surface area contributed by atoms with Crippen LogP contribution in [0.5, 0.6) is 0 Å². The molecule has 2 rings (SSSR count). The number of pyridine rings is 1. The highest BCUT2D eigenvalue weighted by Gasteiger charge is 2.40. The minimum Gasteiger partial charge on any atom is -0.381 e. The summed E-state index contributed by atoms with van der Waals surface area (Å²) in [5, 5.41) is 11.9. The summed E-state index contributed by atoms with van der Waals surface area (Å²) in [5.41, 5.74) is -0.976. The molecule has 5 nitrogen and oxygen atoms in total. The van der Waals surface area contributed by atoms with Crippen LogP contribution in [0.25, 0.3) is 0 Å². The maximum atomic E-state index is 12.1. The molecule has 1 aromatic rings. The maximum Gasteiger partial charge on any atom is 0.246 e. The van der Waals surface area contributed by atoms with Crippen molar-refractivity contribution in [1.29, 1.82) is 5.26 Å². The molecule has 2 heterocycles.